The highest BCUT2D eigenvalue weighted by molar-refractivity contribution is 6.11. The Hall–Kier alpha value is -0.746. The number of hydrogen-bond acceptors (Lipinski definition) is 2. The fourth-order valence-electron chi connectivity index (χ4n) is 1.32. The minimum absolute atomic E-state index is 0.199. The molecule has 13 heavy (non-hydrogen) atoms. The summed E-state index contributed by atoms with van der Waals surface area (Å²) in [6.07, 6.45) is 2.18. The van der Waals surface area contributed by atoms with Crippen LogP contribution in [0, 0.1) is 0 Å². The van der Waals surface area contributed by atoms with Gasteiger partial charge >= 0.3 is 10.1 Å². The van der Waals surface area contributed by atoms with Crippen LogP contribution in [0.25, 0.3) is 0 Å². The maximum Gasteiger partial charge on any atom is 0.381 e. The van der Waals surface area contributed by atoms with Crippen LogP contribution in [0.15, 0.2) is 24.3 Å². The highest BCUT2D eigenvalue weighted by atomic mass is 28.1. The van der Waals surface area contributed by atoms with Crippen LogP contribution < -0.4 is 4.74 Å². The Morgan fingerprint density at radius 1 is 1.31 bits per heavy atom. The molecule has 0 spiro atoms. The van der Waals surface area contributed by atoms with Crippen LogP contribution in [0.5, 0.6) is 5.75 Å². The van der Waals surface area contributed by atoms with Crippen molar-refractivity contribution in [2.45, 2.75) is 18.6 Å². The standard InChI is InChI=1S/C9H9OSi.OSi/c11-9-6-5-7-3-1-2-4-8(7)10-9;1-2/h1-4,9H,5-6H2;. The summed E-state index contributed by atoms with van der Waals surface area (Å²) in [6, 6.07) is 8.19. The Kier molecular flexibility index (Phi) is 4.04. The third kappa shape index (κ3) is 2.60. The van der Waals surface area contributed by atoms with E-state index in [0.717, 1.165) is 18.6 Å². The topological polar surface area (TPSA) is 26.3 Å². The maximum absolute atomic E-state index is 8.06. The zero-order chi connectivity index (χ0) is 9.68. The van der Waals surface area contributed by atoms with Crippen molar-refractivity contribution in [3.8, 4) is 5.75 Å². The number of rotatable bonds is 0. The first-order chi connectivity index (χ1) is 6.36. The van der Waals surface area contributed by atoms with E-state index in [9.17, 15) is 0 Å². The summed E-state index contributed by atoms with van der Waals surface area (Å²) in [5, 5.41) is 0. The molecule has 0 amide bonds. The average Bonchev–Trinajstić information content (AvgIpc) is 2.21. The Morgan fingerprint density at radius 3 is 2.77 bits per heavy atom. The largest absolute Gasteiger partial charge is 0.495 e. The lowest BCUT2D eigenvalue weighted by molar-refractivity contribution is 0.248. The molecule has 1 aromatic carbocycles. The van der Waals surface area contributed by atoms with Crippen LogP contribution in [-0.2, 0) is 10.9 Å². The molecule has 2 nitrogen and oxygen atoms in total. The maximum atomic E-state index is 8.06. The van der Waals surface area contributed by atoms with Crippen LogP contribution in [-0.4, -0.2) is 26.1 Å². The molecule has 1 aliphatic rings. The van der Waals surface area contributed by atoms with Gasteiger partial charge in [-0.3, -0.25) is 0 Å². The van der Waals surface area contributed by atoms with Gasteiger partial charge in [-0.05, 0) is 24.5 Å². The molecule has 2 rings (SSSR count). The molecule has 4 heteroatoms. The number of aryl methyl sites for hydroxylation is 1. The number of benzene rings is 1. The van der Waals surface area contributed by atoms with E-state index in [0.29, 0.717) is 0 Å². The van der Waals surface area contributed by atoms with Gasteiger partial charge in [0.25, 0.3) is 0 Å². The molecule has 0 aromatic heterocycles. The van der Waals surface area contributed by atoms with Gasteiger partial charge in [-0.25, -0.2) is 0 Å². The van der Waals surface area contributed by atoms with Gasteiger partial charge in [0.1, 0.15) is 5.75 Å². The first-order valence-corrected chi connectivity index (χ1v) is 5.01. The molecule has 1 aromatic rings. The normalized spacial score (nSPS) is 19.0. The molecular weight excluding hydrogens is 196 g/mol. The van der Waals surface area contributed by atoms with Gasteiger partial charge in [0.15, 0.2) is 0 Å². The Balaban J connectivity index is 0.000000396. The van der Waals surface area contributed by atoms with Gasteiger partial charge in [-0.1, -0.05) is 18.2 Å². The van der Waals surface area contributed by atoms with E-state index in [1.165, 1.54) is 5.56 Å². The molecule has 1 atom stereocenters. The van der Waals surface area contributed by atoms with Gasteiger partial charge in [-0.2, -0.15) is 0 Å². The van der Waals surface area contributed by atoms with Gasteiger partial charge in [-0.15, -0.1) is 0 Å². The van der Waals surface area contributed by atoms with E-state index < -0.39 is 0 Å². The molecule has 0 N–H and O–H groups in total. The van der Waals surface area contributed by atoms with E-state index in [4.69, 9.17) is 9.20 Å². The summed E-state index contributed by atoms with van der Waals surface area (Å²) in [5.74, 6) is 1.03. The molecule has 0 aliphatic carbocycles. The molecule has 0 fully saturated rings. The smallest absolute Gasteiger partial charge is 0.381 e. The highest BCUT2D eigenvalue weighted by Gasteiger charge is 2.14. The highest BCUT2D eigenvalue weighted by Crippen LogP contribution is 2.25. The van der Waals surface area contributed by atoms with Crippen molar-refractivity contribution in [2.75, 3.05) is 0 Å². The average molecular weight is 205 g/mol. The predicted molar refractivity (Wildman–Crippen MR) is 51.4 cm³/mol. The second-order valence-electron chi connectivity index (χ2n) is 2.75. The SMILES string of the molecule is O=[Si].[Si]C1CCc2ccccc2O1. The van der Waals surface area contributed by atoms with Crippen molar-refractivity contribution in [1.82, 2.24) is 0 Å². The Labute approximate surface area is 84.2 Å². The van der Waals surface area contributed by atoms with Gasteiger partial charge in [0, 0.05) is 0 Å². The van der Waals surface area contributed by atoms with Gasteiger partial charge in [0.2, 0.25) is 0 Å². The van der Waals surface area contributed by atoms with E-state index in [-0.39, 0.29) is 5.73 Å². The summed E-state index contributed by atoms with van der Waals surface area (Å²) in [5.41, 5.74) is 1.52. The number of para-hydroxylation sites is 1. The van der Waals surface area contributed by atoms with E-state index in [1.807, 2.05) is 12.1 Å². The molecule has 1 unspecified atom stereocenters. The van der Waals surface area contributed by atoms with E-state index >= 15 is 0 Å². The summed E-state index contributed by atoms with van der Waals surface area (Å²) < 4.78 is 13.6. The number of hydrogen-bond donors (Lipinski definition) is 0. The predicted octanol–water partition coefficient (Wildman–Crippen LogP) is 1.01. The summed E-state index contributed by atoms with van der Waals surface area (Å²) in [7, 11) is 5.21. The molecule has 65 valence electrons. The van der Waals surface area contributed by atoms with Crippen LogP contribution in [0.3, 0.4) is 0 Å². The Morgan fingerprint density at radius 2 is 2.00 bits per heavy atom. The quantitative estimate of drug-likeness (QED) is 0.591. The molecule has 1 aliphatic heterocycles. The first-order valence-electron chi connectivity index (χ1n) is 4.02. The lowest BCUT2D eigenvalue weighted by Gasteiger charge is -2.22. The lowest BCUT2D eigenvalue weighted by atomic mass is 10.1. The minimum atomic E-state index is 0.199. The molecule has 0 saturated carbocycles. The molecular formula is C9H9O2Si2. The number of ether oxygens (including phenoxy) is 1. The van der Waals surface area contributed by atoms with Crippen molar-refractivity contribution >= 4 is 20.4 Å². The van der Waals surface area contributed by atoms with E-state index in [1.54, 1.807) is 10.1 Å². The van der Waals surface area contributed by atoms with Crippen LogP contribution in [0.4, 0.5) is 0 Å². The third-order valence-electron chi connectivity index (χ3n) is 1.92. The van der Waals surface area contributed by atoms with Gasteiger partial charge < -0.3 is 9.20 Å². The summed E-state index contributed by atoms with van der Waals surface area (Å²) in [6.45, 7) is 0. The van der Waals surface area contributed by atoms with Crippen LogP contribution >= 0.6 is 0 Å². The molecule has 0 saturated heterocycles. The van der Waals surface area contributed by atoms with Crippen molar-refractivity contribution in [3.05, 3.63) is 29.8 Å². The van der Waals surface area contributed by atoms with Crippen molar-refractivity contribution in [1.29, 1.82) is 0 Å². The van der Waals surface area contributed by atoms with Crippen molar-refractivity contribution < 1.29 is 9.20 Å². The second kappa shape index (κ2) is 5.09. The molecule has 5 radical (unpaired) electrons. The summed E-state index contributed by atoms with van der Waals surface area (Å²) in [4.78, 5) is 0. The minimum Gasteiger partial charge on any atom is -0.495 e. The van der Waals surface area contributed by atoms with Crippen LogP contribution in [0.1, 0.15) is 12.0 Å². The zero-order valence-corrected chi connectivity index (χ0v) is 9.12. The second-order valence-corrected chi connectivity index (χ2v) is 3.40. The Bertz CT molecular complexity index is 278. The molecule has 1 heterocycles. The fourth-order valence-corrected chi connectivity index (χ4v) is 1.60. The van der Waals surface area contributed by atoms with Crippen LogP contribution in [0.2, 0.25) is 0 Å². The van der Waals surface area contributed by atoms with Crippen molar-refractivity contribution in [2.24, 2.45) is 0 Å². The first kappa shape index (κ1) is 10.3. The summed E-state index contributed by atoms with van der Waals surface area (Å²) >= 11 is 0. The van der Waals surface area contributed by atoms with Gasteiger partial charge in [0.05, 0.1) is 16.0 Å². The van der Waals surface area contributed by atoms with Crippen molar-refractivity contribution in [3.63, 3.8) is 0 Å². The molecule has 0 bridgehead atoms. The number of fused-ring (bicyclic) bond motifs is 1. The fraction of sp³-hybridized carbons (Fsp3) is 0.333. The zero-order valence-electron chi connectivity index (χ0n) is 7.12. The lowest BCUT2D eigenvalue weighted by Crippen LogP contribution is -2.22. The third-order valence-corrected chi connectivity index (χ3v) is 2.32. The monoisotopic (exact) mass is 205 g/mol. The van der Waals surface area contributed by atoms with E-state index in [2.05, 4.69) is 22.4 Å².